The number of nitrogens with two attached hydrogens (primary N) is 1. The maximum atomic E-state index is 10.1. The Morgan fingerprint density at radius 2 is 2.08 bits per heavy atom. The second-order valence-corrected chi connectivity index (χ2v) is 7.14. The highest BCUT2D eigenvalue weighted by molar-refractivity contribution is 5.86. The number of ether oxygens (including phenoxy) is 3. The molecule has 2 aliphatic rings. The van der Waals surface area contributed by atoms with Crippen molar-refractivity contribution in [3.05, 3.63) is 18.6 Å². The van der Waals surface area contributed by atoms with E-state index in [1.807, 2.05) is 37.6 Å². The summed E-state index contributed by atoms with van der Waals surface area (Å²) in [4.78, 5) is 8.35. The fourth-order valence-electron chi connectivity index (χ4n) is 3.86. The molecule has 0 aromatic carbocycles. The second kappa shape index (κ2) is 4.89. The molecule has 3 N–H and O–H groups in total. The van der Waals surface area contributed by atoms with Crippen LogP contribution in [0.4, 0.5) is 5.82 Å². The molecular weight excluding hydrogens is 312 g/mol. The zero-order valence-electron chi connectivity index (χ0n) is 14.1. The summed E-state index contributed by atoms with van der Waals surface area (Å²) >= 11 is 0. The van der Waals surface area contributed by atoms with Crippen LogP contribution in [-0.4, -0.2) is 49.3 Å². The van der Waals surface area contributed by atoms with Gasteiger partial charge in [-0.1, -0.05) is 0 Å². The summed E-state index contributed by atoms with van der Waals surface area (Å²) < 4.78 is 20.2. The molecule has 0 amide bonds. The lowest BCUT2D eigenvalue weighted by molar-refractivity contribution is -0.221. The molecule has 0 spiro atoms. The predicted octanol–water partition coefficient (Wildman–Crippen LogP) is 1.20. The number of aliphatic hydroxyl groups excluding tert-OH is 1. The molecule has 8 heteroatoms. The van der Waals surface area contributed by atoms with Crippen LogP contribution in [0.2, 0.25) is 0 Å². The standard InChI is InChI=1S/C16H22N4O4/c1-8(21)10-11-16(4,24-15(2,3)23-11)14(22-10)20-6-5-9-12(17)18-7-19-13(9)20/h5-8,10-11,14,21H,1-4H3,(H2,17,18,19)/t8-,10+,11+,14+,16+/m0/s1. The van der Waals surface area contributed by atoms with E-state index in [0.29, 0.717) is 11.5 Å². The van der Waals surface area contributed by atoms with Gasteiger partial charge in [0.1, 0.15) is 35.6 Å². The van der Waals surface area contributed by atoms with E-state index in [1.165, 1.54) is 6.33 Å². The molecule has 2 aromatic heterocycles. The highest BCUT2D eigenvalue weighted by Crippen LogP contribution is 2.52. The van der Waals surface area contributed by atoms with Gasteiger partial charge in [0.2, 0.25) is 0 Å². The van der Waals surface area contributed by atoms with Gasteiger partial charge < -0.3 is 29.6 Å². The Morgan fingerprint density at radius 3 is 2.79 bits per heavy atom. The fourth-order valence-corrected chi connectivity index (χ4v) is 3.86. The first kappa shape index (κ1) is 15.8. The first-order chi connectivity index (χ1) is 11.2. The maximum Gasteiger partial charge on any atom is 0.167 e. The van der Waals surface area contributed by atoms with E-state index >= 15 is 0 Å². The third-order valence-electron chi connectivity index (χ3n) is 4.78. The summed E-state index contributed by atoms with van der Waals surface area (Å²) in [7, 11) is 0. The van der Waals surface area contributed by atoms with Crippen LogP contribution in [0.25, 0.3) is 11.0 Å². The van der Waals surface area contributed by atoms with E-state index in [-0.39, 0.29) is 0 Å². The Kier molecular flexibility index (Phi) is 3.21. The topological polar surface area (TPSA) is 105 Å². The van der Waals surface area contributed by atoms with Crippen LogP contribution in [-0.2, 0) is 14.2 Å². The Labute approximate surface area is 139 Å². The van der Waals surface area contributed by atoms with Gasteiger partial charge in [0.05, 0.1) is 11.5 Å². The van der Waals surface area contributed by atoms with Gasteiger partial charge in [0.25, 0.3) is 0 Å². The summed E-state index contributed by atoms with van der Waals surface area (Å²) in [5.41, 5.74) is 5.82. The van der Waals surface area contributed by atoms with E-state index < -0.39 is 35.9 Å². The predicted molar refractivity (Wildman–Crippen MR) is 86.0 cm³/mol. The number of fused-ring (bicyclic) bond motifs is 2. The molecule has 5 atom stereocenters. The smallest absolute Gasteiger partial charge is 0.167 e. The van der Waals surface area contributed by atoms with Crippen molar-refractivity contribution in [2.45, 2.75) is 63.6 Å². The molecule has 2 aromatic rings. The van der Waals surface area contributed by atoms with Crippen LogP contribution in [0.1, 0.15) is 33.9 Å². The van der Waals surface area contributed by atoms with E-state index in [2.05, 4.69) is 9.97 Å². The van der Waals surface area contributed by atoms with Crippen LogP contribution in [0.5, 0.6) is 0 Å². The van der Waals surface area contributed by atoms with Gasteiger partial charge in [0.15, 0.2) is 12.0 Å². The Balaban J connectivity index is 1.83. The van der Waals surface area contributed by atoms with Gasteiger partial charge >= 0.3 is 0 Å². The quantitative estimate of drug-likeness (QED) is 0.850. The van der Waals surface area contributed by atoms with Crippen molar-refractivity contribution in [2.24, 2.45) is 0 Å². The lowest BCUT2D eigenvalue weighted by atomic mass is 9.94. The van der Waals surface area contributed by atoms with E-state index in [4.69, 9.17) is 19.9 Å². The largest absolute Gasteiger partial charge is 0.391 e. The number of aromatic nitrogens is 3. The number of nitrogen functional groups attached to an aromatic ring is 1. The van der Waals surface area contributed by atoms with Gasteiger partial charge in [-0.15, -0.1) is 0 Å². The van der Waals surface area contributed by atoms with Crippen molar-refractivity contribution in [3.63, 3.8) is 0 Å². The van der Waals surface area contributed by atoms with Gasteiger partial charge in [-0.25, -0.2) is 9.97 Å². The summed E-state index contributed by atoms with van der Waals surface area (Å²) in [6.07, 6.45) is 1.17. The second-order valence-electron chi connectivity index (χ2n) is 7.14. The van der Waals surface area contributed by atoms with Gasteiger partial charge in [-0.3, -0.25) is 0 Å². The third kappa shape index (κ3) is 2.07. The number of hydrogen-bond acceptors (Lipinski definition) is 7. The van der Waals surface area contributed by atoms with Crippen LogP contribution in [0, 0.1) is 0 Å². The first-order valence-electron chi connectivity index (χ1n) is 8.01. The number of hydrogen-bond donors (Lipinski definition) is 2. The maximum absolute atomic E-state index is 10.1. The highest BCUT2D eigenvalue weighted by Gasteiger charge is 2.65. The van der Waals surface area contributed by atoms with Crippen molar-refractivity contribution < 1.29 is 19.3 Å². The number of nitrogens with zero attached hydrogens (tertiary/aromatic N) is 3. The molecule has 24 heavy (non-hydrogen) atoms. The van der Waals surface area contributed by atoms with Crippen molar-refractivity contribution in [1.29, 1.82) is 0 Å². The van der Waals surface area contributed by atoms with Gasteiger partial charge in [-0.05, 0) is 33.8 Å². The molecule has 2 aliphatic heterocycles. The fraction of sp³-hybridized carbons (Fsp3) is 0.625. The molecule has 0 radical (unpaired) electrons. The molecule has 4 rings (SSSR count). The normalized spacial score (nSPS) is 36.1. The molecule has 4 heterocycles. The van der Waals surface area contributed by atoms with E-state index in [1.54, 1.807) is 6.92 Å². The Bertz CT molecular complexity index is 789. The summed E-state index contributed by atoms with van der Waals surface area (Å²) in [6.45, 7) is 7.35. The molecule has 0 aliphatic carbocycles. The number of aliphatic hydroxyl groups is 1. The van der Waals surface area contributed by atoms with Crippen LogP contribution < -0.4 is 5.73 Å². The summed E-state index contributed by atoms with van der Waals surface area (Å²) in [6, 6.07) is 1.85. The first-order valence-corrected chi connectivity index (χ1v) is 8.01. The lowest BCUT2D eigenvalue weighted by Gasteiger charge is -2.30. The molecule has 2 fully saturated rings. The van der Waals surface area contributed by atoms with E-state index in [0.717, 1.165) is 5.39 Å². The SMILES string of the molecule is C[C@H](O)[C@H]1O[C@@H](n2ccc3c(N)ncnc32)[C@]2(C)OC(C)(C)O[C@H]12. The van der Waals surface area contributed by atoms with Gasteiger partial charge in [0, 0.05) is 6.20 Å². The summed E-state index contributed by atoms with van der Waals surface area (Å²) in [5, 5.41) is 10.9. The molecule has 2 saturated heterocycles. The van der Waals surface area contributed by atoms with Crippen molar-refractivity contribution in [1.82, 2.24) is 14.5 Å². The van der Waals surface area contributed by atoms with Crippen molar-refractivity contribution in [2.75, 3.05) is 5.73 Å². The lowest BCUT2D eigenvalue weighted by Crippen LogP contribution is -2.43. The molecule has 130 valence electrons. The molecule has 0 unspecified atom stereocenters. The van der Waals surface area contributed by atoms with Crippen LogP contribution >= 0.6 is 0 Å². The molecular formula is C16H22N4O4. The minimum Gasteiger partial charge on any atom is -0.391 e. The third-order valence-corrected chi connectivity index (χ3v) is 4.78. The molecule has 8 nitrogen and oxygen atoms in total. The molecule has 0 bridgehead atoms. The van der Waals surface area contributed by atoms with E-state index in [9.17, 15) is 5.11 Å². The van der Waals surface area contributed by atoms with Crippen LogP contribution in [0.15, 0.2) is 18.6 Å². The zero-order chi connectivity index (χ0) is 17.3. The van der Waals surface area contributed by atoms with Crippen LogP contribution in [0.3, 0.4) is 0 Å². The zero-order valence-corrected chi connectivity index (χ0v) is 14.1. The highest BCUT2D eigenvalue weighted by atomic mass is 16.8. The average molecular weight is 334 g/mol. The average Bonchev–Trinajstić information content (AvgIpc) is 3.07. The summed E-state index contributed by atoms with van der Waals surface area (Å²) in [5.74, 6) is -0.347. The van der Waals surface area contributed by atoms with Crippen molar-refractivity contribution in [3.8, 4) is 0 Å². The van der Waals surface area contributed by atoms with Crippen molar-refractivity contribution >= 4 is 16.9 Å². The number of anilines is 1. The van der Waals surface area contributed by atoms with Gasteiger partial charge in [-0.2, -0.15) is 0 Å². The minimum absolute atomic E-state index is 0.394. The minimum atomic E-state index is -0.767. The molecule has 0 saturated carbocycles. The Hall–Kier alpha value is -1.74. The monoisotopic (exact) mass is 334 g/mol. The number of rotatable bonds is 2. The Morgan fingerprint density at radius 1 is 1.33 bits per heavy atom.